The normalized spacial score (nSPS) is 14.6. The van der Waals surface area contributed by atoms with Crippen LogP contribution in [0.15, 0.2) is 0 Å². The summed E-state index contributed by atoms with van der Waals surface area (Å²) in [6.45, 7) is -0.432. The Hall–Kier alpha value is -2.00. The van der Waals surface area contributed by atoms with Crippen molar-refractivity contribution >= 4 is 17.9 Å². The number of carboxylic acid groups (broad SMARTS) is 1. The molecule has 0 saturated heterocycles. The molecular formula is C7H10F3N3O4. The number of carbonyl (C=O) groups excluding carboxylic acids is 2. The van der Waals surface area contributed by atoms with E-state index in [0.717, 1.165) is 0 Å². The van der Waals surface area contributed by atoms with Crippen LogP contribution in [0.1, 0.15) is 6.92 Å². The van der Waals surface area contributed by atoms with Gasteiger partial charge in [0.05, 0.1) is 6.54 Å². The Labute approximate surface area is 93.1 Å². The van der Waals surface area contributed by atoms with Gasteiger partial charge in [-0.25, -0.2) is 9.59 Å². The maximum atomic E-state index is 12.4. The third-order valence-electron chi connectivity index (χ3n) is 1.78. The van der Waals surface area contributed by atoms with Crippen LogP contribution < -0.4 is 16.4 Å². The lowest BCUT2D eigenvalue weighted by Gasteiger charge is -2.28. The zero-order valence-electron chi connectivity index (χ0n) is 8.59. The summed E-state index contributed by atoms with van der Waals surface area (Å²) in [5.41, 5.74) is 1.18. The van der Waals surface area contributed by atoms with E-state index < -0.39 is 36.2 Å². The Morgan fingerprint density at radius 2 is 1.76 bits per heavy atom. The minimum atomic E-state index is -5.19. The summed E-state index contributed by atoms with van der Waals surface area (Å²) in [7, 11) is 0. The van der Waals surface area contributed by atoms with Gasteiger partial charge in [-0.05, 0) is 6.92 Å². The van der Waals surface area contributed by atoms with Crippen molar-refractivity contribution in [3.8, 4) is 0 Å². The van der Waals surface area contributed by atoms with E-state index in [1.54, 1.807) is 5.32 Å². The second kappa shape index (κ2) is 4.89. The van der Waals surface area contributed by atoms with Gasteiger partial charge in [0.25, 0.3) is 0 Å². The highest BCUT2D eigenvalue weighted by Crippen LogP contribution is 2.30. The molecule has 0 bridgehead atoms. The quantitative estimate of drug-likeness (QED) is 0.525. The molecule has 0 aliphatic heterocycles. The largest absolute Gasteiger partial charge is 0.479 e. The van der Waals surface area contributed by atoms with E-state index in [2.05, 4.69) is 5.73 Å². The van der Waals surface area contributed by atoms with E-state index in [1.165, 1.54) is 5.32 Å². The van der Waals surface area contributed by atoms with Gasteiger partial charge in [-0.3, -0.25) is 4.79 Å². The first kappa shape index (κ1) is 15.0. The lowest BCUT2D eigenvalue weighted by molar-refractivity contribution is -0.203. The minimum absolute atomic E-state index is 0.277. The summed E-state index contributed by atoms with van der Waals surface area (Å²) in [5, 5.41) is 11.3. The van der Waals surface area contributed by atoms with Crippen LogP contribution >= 0.6 is 0 Å². The first-order valence-electron chi connectivity index (χ1n) is 4.15. The number of halogens is 3. The van der Waals surface area contributed by atoms with E-state index in [0.29, 0.717) is 0 Å². The van der Waals surface area contributed by atoms with Gasteiger partial charge in [-0.1, -0.05) is 0 Å². The van der Waals surface area contributed by atoms with Crippen LogP contribution in [0.4, 0.5) is 18.0 Å². The van der Waals surface area contributed by atoms with Gasteiger partial charge >= 0.3 is 18.2 Å². The Morgan fingerprint density at radius 3 is 2.06 bits per heavy atom. The Bertz CT molecular complexity index is 344. The molecule has 17 heavy (non-hydrogen) atoms. The lowest BCUT2D eigenvalue weighted by atomic mass is 10.0. The maximum Gasteiger partial charge on any atom is 0.422 e. The number of carboxylic acids is 1. The molecule has 0 spiro atoms. The van der Waals surface area contributed by atoms with E-state index >= 15 is 0 Å². The molecule has 0 aromatic heterocycles. The number of alkyl halides is 3. The predicted octanol–water partition coefficient (Wildman–Crippen LogP) is -0.823. The Morgan fingerprint density at radius 1 is 1.29 bits per heavy atom. The lowest BCUT2D eigenvalue weighted by Crippen LogP contribution is -2.63. The summed E-state index contributed by atoms with van der Waals surface area (Å²) < 4.78 is 37.2. The molecule has 0 radical (unpaired) electrons. The molecule has 98 valence electrons. The number of rotatable bonds is 4. The van der Waals surface area contributed by atoms with Crippen LogP contribution in [0.3, 0.4) is 0 Å². The van der Waals surface area contributed by atoms with Gasteiger partial charge in [-0.15, -0.1) is 0 Å². The molecule has 1 atom stereocenters. The summed E-state index contributed by atoms with van der Waals surface area (Å²) >= 11 is 0. The number of primary amides is 1. The molecule has 0 rings (SSSR count). The highest BCUT2D eigenvalue weighted by molar-refractivity contribution is 5.88. The zero-order valence-corrected chi connectivity index (χ0v) is 8.59. The standard InChI is InChI=1S/C7H10F3N3O4/c1-6(4(15)16,7(8,9)10)13-5(17)12-2-3(11)14/h2H2,1H3,(H2,11,14)(H,15,16)(H2,12,13,17). The number of hydrogen-bond donors (Lipinski definition) is 4. The third kappa shape index (κ3) is 3.81. The van der Waals surface area contributed by atoms with Gasteiger partial charge in [0.2, 0.25) is 11.4 Å². The molecule has 0 heterocycles. The van der Waals surface area contributed by atoms with E-state index in [9.17, 15) is 27.6 Å². The van der Waals surface area contributed by atoms with E-state index in [-0.39, 0.29) is 6.92 Å². The average Bonchev–Trinajstić information content (AvgIpc) is 2.12. The molecule has 1 unspecified atom stereocenters. The molecule has 0 aromatic rings. The van der Waals surface area contributed by atoms with E-state index in [4.69, 9.17) is 5.11 Å². The van der Waals surface area contributed by atoms with Crippen molar-refractivity contribution in [3.05, 3.63) is 0 Å². The molecule has 0 fully saturated rings. The number of aliphatic carboxylic acids is 1. The first-order chi connectivity index (χ1) is 7.50. The van der Waals surface area contributed by atoms with Gasteiger partial charge in [0, 0.05) is 0 Å². The van der Waals surface area contributed by atoms with Crippen molar-refractivity contribution in [2.45, 2.75) is 18.6 Å². The van der Waals surface area contributed by atoms with Crippen molar-refractivity contribution < 1.29 is 32.7 Å². The summed E-state index contributed by atoms with van der Waals surface area (Å²) in [6.07, 6.45) is -5.19. The smallest absolute Gasteiger partial charge is 0.422 e. The molecule has 7 nitrogen and oxygen atoms in total. The first-order valence-corrected chi connectivity index (χ1v) is 4.15. The minimum Gasteiger partial charge on any atom is -0.479 e. The number of amides is 3. The third-order valence-corrected chi connectivity index (χ3v) is 1.78. The number of nitrogens with one attached hydrogen (secondary N) is 2. The monoisotopic (exact) mass is 257 g/mol. The van der Waals surface area contributed by atoms with Crippen molar-refractivity contribution in [3.63, 3.8) is 0 Å². The average molecular weight is 257 g/mol. The van der Waals surface area contributed by atoms with Crippen LogP contribution in [-0.4, -0.2) is 41.3 Å². The molecule has 0 aliphatic carbocycles. The SMILES string of the molecule is CC(NC(=O)NCC(N)=O)(C(=O)O)C(F)(F)F. The highest BCUT2D eigenvalue weighted by atomic mass is 19.4. The molecule has 0 saturated carbocycles. The summed E-state index contributed by atoms with van der Waals surface area (Å²) in [5.74, 6) is -3.26. The topological polar surface area (TPSA) is 122 Å². The van der Waals surface area contributed by atoms with Crippen LogP contribution in [0.25, 0.3) is 0 Å². The van der Waals surface area contributed by atoms with Crippen LogP contribution in [0, 0.1) is 0 Å². The van der Waals surface area contributed by atoms with Crippen molar-refractivity contribution in [1.29, 1.82) is 0 Å². The summed E-state index contributed by atoms with van der Waals surface area (Å²) in [4.78, 5) is 31.6. The Kier molecular flexibility index (Phi) is 4.31. The van der Waals surface area contributed by atoms with Crippen LogP contribution in [-0.2, 0) is 9.59 Å². The molecule has 0 aliphatic rings. The van der Waals surface area contributed by atoms with Crippen molar-refractivity contribution in [2.75, 3.05) is 6.54 Å². The number of carbonyl (C=O) groups is 3. The second-order valence-electron chi connectivity index (χ2n) is 3.20. The Balaban J connectivity index is 4.74. The van der Waals surface area contributed by atoms with Gasteiger partial charge in [-0.2, -0.15) is 13.2 Å². The number of hydrogen-bond acceptors (Lipinski definition) is 3. The second-order valence-corrected chi connectivity index (χ2v) is 3.20. The number of nitrogens with two attached hydrogens (primary N) is 1. The fourth-order valence-electron chi connectivity index (χ4n) is 0.684. The summed E-state index contributed by atoms with van der Waals surface area (Å²) in [6, 6.07) is -1.47. The van der Waals surface area contributed by atoms with Gasteiger partial charge in [0.1, 0.15) is 0 Å². The van der Waals surface area contributed by atoms with E-state index in [1.807, 2.05) is 0 Å². The highest BCUT2D eigenvalue weighted by Gasteiger charge is 2.58. The fourth-order valence-corrected chi connectivity index (χ4v) is 0.684. The van der Waals surface area contributed by atoms with Gasteiger partial charge < -0.3 is 21.5 Å². The van der Waals surface area contributed by atoms with Crippen molar-refractivity contribution in [2.24, 2.45) is 5.73 Å². The number of urea groups is 1. The molecule has 0 aromatic carbocycles. The molecule has 3 amide bonds. The maximum absolute atomic E-state index is 12.4. The van der Waals surface area contributed by atoms with Gasteiger partial charge in [0.15, 0.2) is 0 Å². The van der Waals surface area contributed by atoms with Crippen molar-refractivity contribution in [1.82, 2.24) is 10.6 Å². The molecule has 5 N–H and O–H groups in total. The zero-order chi connectivity index (χ0) is 13.9. The van der Waals surface area contributed by atoms with Crippen LogP contribution in [0.2, 0.25) is 0 Å². The van der Waals surface area contributed by atoms with Crippen LogP contribution in [0.5, 0.6) is 0 Å². The molecular weight excluding hydrogens is 247 g/mol. The predicted molar refractivity (Wildman–Crippen MR) is 47.8 cm³/mol. The fraction of sp³-hybridized carbons (Fsp3) is 0.571. The molecule has 10 heteroatoms.